The van der Waals surface area contributed by atoms with E-state index in [0.717, 1.165) is 0 Å². The lowest BCUT2D eigenvalue weighted by Gasteiger charge is -1.99. The van der Waals surface area contributed by atoms with Crippen LogP contribution >= 0.6 is 0 Å². The summed E-state index contributed by atoms with van der Waals surface area (Å²) in [5.74, 6) is -0.176. The summed E-state index contributed by atoms with van der Waals surface area (Å²) in [6, 6.07) is 0. The van der Waals surface area contributed by atoms with E-state index >= 15 is 0 Å². The fourth-order valence-electron chi connectivity index (χ4n) is 0.318. The fraction of sp³-hybridized carbons (Fsp3) is 0.250. The largest absolute Gasteiger partial charge is 0.526 e. The Balaban J connectivity index is 3.39. The lowest BCUT2D eigenvalue weighted by Crippen LogP contribution is -2.14. The Morgan fingerprint density at radius 3 is 2.67 bits per heavy atom. The molecule has 0 radical (unpaired) electrons. The second kappa shape index (κ2) is 4.71. The van der Waals surface area contributed by atoms with Gasteiger partial charge >= 0.3 is 5.97 Å². The van der Waals surface area contributed by atoms with Gasteiger partial charge in [-0.25, -0.2) is 4.79 Å². The SMILES string of the molecule is C=C(C)C(=O)O[SiH2][SiH2][SiH3]. The zero-order valence-electron chi connectivity index (χ0n) is 5.94. The highest BCUT2D eigenvalue weighted by Crippen LogP contribution is 1.88. The molecule has 0 amide bonds. The first kappa shape index (κ1) is 8.86. The maximum absolute atomic E-state index is 10.7. The van der Waals surface area contributed by atoms with Crippen LogP contribution in [0, 0.1) is 0 Å². The van der Waals surface area contributed by atoms with E-state index in [1.807, 2.05) is 0 Å². The van der Waals surface area contributed by atoms with Crippen LogP contribution in [0.3, 0.4) is 0 Å². The molecule has 52 valence electrons. The summed E-state index contributed by atoms with van der Waals surface area (Å²) < 4.78 is 4.95. The van der Waals surface area contributed by atoms with Gasteiger partial charge in [0, 0.05) is 14.1 Å². The molecule has 0 aromatic rings. The van der Waals surface area contributed by atoms with Gasteiger partial charge in [-0.05, 0) is 16.7 Å². The van der Waals surface area contributed by atoms with E-state index in [2.05, 4.69) is 6.58 Å². The van der Waals surface area contributed by atoms with Crippen LogP contribution in [0.2, 0.25) is 0 Å². The van der Waals surface area contributed by atoms with E-state index in [4.69, 9.17) is 4.43 Å². The predicted molar refractivity (Wildman–Crippen MR) is 47.9 cm³/mol. The molecule has 0 rings (SSSR count). The minimum absolute atomic E-state index is 0.133. The molecular weight excluding hydrogens is 164 g/mol. The van der Waals surface area contributed by atoms with Crippen molar-refractivity contribution in [1.82, 2.24) is 0 Å². The first-order valence-electron chi connectivity index (χ1n) is 3.01. The third-order valence-corrected chi connectivity index (χ3v) is 7.17. The second-order valence-electron chi connectivity index (χ2n) is 1.92. The molecule has 0 N–H and O–H groups in total. The van der Waals surface area contributed by atoms with Crippen LogP contribution in [0.25, 0.3) is 0 Å². The summed E-state index contributed by atoms with van der Waals surface area (Å²) in [5, 5.41) is 0. The standard InChI is InChI=1S/C4H12O2Si3/c1-3(2)4(5)6-8-9-7/h1,8-9H2,2,7H3. The van der Waals surface area contributed by atoms with E-state index in [9.17, 15) is 4.79 Å². The van der Waals surface area contributed by atoms with Crippen molar-refractivity contribution in [1.29, 1.82) is 0 Å². The van der Waals surface area contributed by atoms with E-state index < -0.39 is 0 Å². The van der Waals surface area contributed by atoms with Crippen molar-refractivity contribution in [3.8, 4) is 0 Å². The number of carbonyl (C=O) groups excluding carboxylic acids is 1. The van der Waals surface area contributed by atoms with Gasteiger partial charge in [-0.15, -0.1) is 0 Å². The van der Waals surface area contributed by atoms with E-state index in [1.54, 1.807) is 6.92 Å². The molecule has 5 heteroatoms. The van der Waals surface area contributed by atoms with Gasteiger partial charge in [0.25, 0.3) is 0 Å². The van der Waals surface area contributed by atoms with E-state index in [0.29, 0.717) is 5.57 Å². The number of hydrogen-bond acceptors (Lipinski definition) is 2. The van der Waals surface area contributed by atoms with Crippen molar-refractivity contribution in [2.24, 2.45) is 0 Å². The molecule has 0 aromatic carbocycles. The lowest BCUT2D eigenvalue weighted by atomic mass is 10.4. The molecule has 0 saturated carbocycles. The molecule has 0 unspecified atom stereocenters. The molecule has 0 aliphatic carbocycles. The highest BCUT2D eigenvalue weighted by atomic mass is 29.5. The first-order valence-corrected chi connectivity index (χ1v) is 13.2. The summed E-state index contributed by atoms with van der Waals surface area (Å²) in [4.78, 5) is 10.7. The third kappa shape index (κ3) is 4.37. The molecular formula is C4H12O2Si3. The molecule has 0 aromatic heterocycles. The molecule has 0 aliphatic rings. The van der Waals surface area contributed by atoms with Gasteiger partial charge in [0.2, 0.25) is 0 Å². The molecule has 2 nitrogen and oxygen atoms in total. The van der Waals surface area contributed by atoms with Crippen LogP contribution in [0.5, 0.6) is 0 Å². The zero-order valence-corrected chi connectivity index (χ0v) is 10.8. The van der Waals surface area contributed by atoms with E-state index in [-0.39, 0.29) is 23.8 Å². The zero-order chi connectivity index (χ0) is 7.28. The van der Waals surface area contributed by atoms with Crippen molar-refractivity contribution in [2.75, 3.05) is 0 Å². The van der Waals surface area contributed by atoms with Gasteiger partial charge in [0.1, 0.15) is 0 Å². The van der Waals surface area contributed by atoms with Crippen molar-refractivity contribution < 1.29 is 9.22 Å². The Morgan fingerprint density at radius 2 is 2.33 bits per heavy atom. The van der Waals surface area contributed by atoms with Gasteiger partial charge in [0.15, 0.2) is 9.28 Å². The summed E-state index contributed by atoms with van der Waals surface area (Å²) >= 11 is 0. The van der Waals surface area contributed by atoms with Gasteiger partial charge < -0.3 is 4.43 Å². The average molecular weight is 176 g/mol. The van der Waals surface area contributed by atoms with E-state index in [1.165, 1.54) is 9.76 Å². The van der Waals surface area contributed by atoms with Crippen molar-refractivity contribution in [2.45, 2.75) is 6.92 Å². The van der Waals surface area contributed by atoms with Crippen LogP contribution < -0.4 is 0 Å². The molecule has 0 heterocycles. The maximum Gasteiger partial charge on any atom is 0.319 e. The summed E-state index contributed by atoms with van der Waals surface area (Å²) in [7, 11) is 1.04. The van der Waals surface area contributed by atoms with Gasteiger partial charge in [-0.2, -0.15) is 0 Å². The average Bonchev–Trinajstić information content (AvgIpc) is 1.82. The Morgan fingerprint density at radius 1 is 1.78 bits per heavy atom. The molecule has 0 spiro atoms. The van der Waals surface area contributed by atoms with Crippen molar-refractivity contribution in [3.63, 3.8) is 0 Å². The minimum atomic E-state index is -0.378. The molecule has 0 atom stereocenters. The van der Waals surface area contributed by atoms with Crippen molar-refractivity contribution in [3.05, 3.63) is 12.2 Å². The van der Waals surface area contributed by atoms with Crippen LogP contribution in [-0.2, 0) is 9.22 Å². The summed E-state index contributed by atoms with van der Waals surface area (Å²) in [5.41, 5.74) is 0.534. The Bertz CT molecular complexity index is 123. The van der Waals surface area contributed by atoms with Gasteiger partial charge in [-0.1, -0.05) is 6.58 Å². The monoisotopic (exact) mass is 176 g/mol. The van der Waals surface area contributed by atoms with Crippen molar-refractivity contribution >= 4 is 33.6 Å². The number of rotatable bonds is 3. The fourth-order valence-corrected chi connectivity index (χ4v) is 3.96. The molecule has 0 fully saturated rings. The van der Waals surface area contributed by atoms with Gasteiger partial charge in [0.05, 0.1) is 0 Å². The topological polar surface area (TPSA) is 26.3 Å². The molecule has 0 bridgehead atoms. The minimum Gasteiger partial charge on any atom is -0.526 e. The smallest absolute Gasteiger partial charge is 0.319 e. The van der Waals surface area contributed by atoms with Crippen LogP contribution in [0.4, 0.5) is 0 Å². The Hall–Kier alpha value is -0.139. The maximum atomic E-state index is 10.7. The molecule has 0 aliphatic heterocycles. The second-order valence-corrected chi connectivity index (χ2v) is 16.8. The highest BCUT2D eigenvalue weighted by Gasteiger charge is 1.99. The molecule has 9 heavy (non-hydrogen) atoms. The molecule has 0 saturated heterocycles. The normalized spacial score (nSPS) is 11.7. The third-order valence-electron chi connectivity index (χ3n) is 0.786. The lowest BCUT2D eigenvalue weighted by molar-refractivity contribution is -0.129. The van der Waals surface area contributed by atoms with Crippen LogP contribution in [-0.4, -0.2) is 33.6 Å². The van der Waals surface area contributed by atoms with Crippen LogP contribution in [0.1, 0.15) is 6.92 Å². The van der Waals surface area contributed by atoms with Gasteiger partial charge in [-0.3, -0.25) is 0 Å². The summed E-state index contributed by atoms with van der Waals surface area (Å²) in [6.07, 6.45) is 0. The Kier molecular flexibility index (Phi) is 4.64. The predicted octanol–water partition coefficient (Wildman–Crippen LogP) is -2.45. The van der Waals surface area contributed by atoms with Crippen LogP contribution in [0.15, 0.2) is 12.2 Å². The number of hydrogen-bond donors (Lipinski definition) is 0. The highest BCUT2D eigenvalue weighted by molar-refractivity contribution is 7.22. The number of carbonyl (C=O) groups is 1. The quantitative estimate of drug-likeness (QED) is 0.353. The summed E-state index contributed by atoms with van der Waals surface area (Å²) in [6.45, 7) is 5.17. The first-order chi connectivity index (χ1) is 4.18. The Labute approximate surface area is 62.4 Å².